The van der Waals surface area contributed by atoms with Crippen molar-refractivity contribution in [3.63, 3.8) is 0 Å². The second kappa shape index (κ2) is 13.0. The van der Waals surface area contributed by atoms with Gasteiger partial charge in [-0.1, -0.05) is 31.9 Å². The Hall–Kier alpha value is -2.32. The summed E-state index contributed by atoms with van der Waals surface area (Å²) < 4.78 is 11.5. The van der Waals surface area contributed by atoms with E-state index in [2.05, 4.69) is 13.0 Å². The van der Waals surface area contributed by atoms with E-state index in [1.807, 2.05) is 12.1 Å². The van der Waals surface area contributed by atoms with Crippen LogP contribution < -0.4 is 4.74 Å². The van der Waals surface area contributed by atoms with Crippen LogP contribution in [-0.4, -0.2) is 70.3 Å². The third kappa shape index (κ3) is 7.17. The number of rotatable bonds is 11. The van der Waals surface area contributed by atoms with Gasteiger partial charge in [0.25, 0.3) is 0 Å². The van der Waals surface area contributed by atoms with E-state index in [-0.39, 0.29) is 36.9 Å². The number of piperidine rings is 1. The lowest BCUT2D eigenvalue weighted by molar-refractivity contribution is -0.139. The molecule has 2 fully saturated rings. The van der Waals surface area contributed by atoms with E-state index >= 15 is 0 Å². The van der Waals surface area contributed by atoms with Gasteiger partial charge in [0, 0.05) is 13.1 Å². The number of hydrogen-bond donors (Lipinski definition) is 3. The monoisotopic (exact) mass is 517 g/mol. The van der Waals surface area contributed by atoms with Crippen LogP contribution in [0.15, 0.2) is 18.2 Å². The van der Waals surface area contributed by atoms with Crippen LogP contribution in [0.5, 0.6) is 5.75 Å². The molecule has 1 saturated heterocycles. The summed E-state index contributed by atoms with van der Waals surface area (Å²) in [5, 5.41) is 29.8. The Bertz CT molecular complexity index is 914. The number of nitrogens with zero attached hydrogens (tertiary/aromatic N) is 1. The number of carbonyl (C=O) groups is 2. The highest BCUT2D eigenvalue weighted by Crippen LogP contribution is 2.48. The molecule has 1 saturated carbocycles. The van der Waals surface area contributed by atoms with Crippen LogP contribution in [0.3, 0.4) is 0 Å². The van der Waals surface area contributed by atoms with Crippen molar-refractivity contribution in [3.8, 4) is 5.75 Å². The van der Waals surface area contributed by atoms with Crippen LogP contribution in [-0.2, 0) is 22.4 Å². The molecule has 8 heteroatoms. The van der Waals surface area contributed by atoms with Crippen molar-refractivity contribution in [2.75, 3.05) is 19.7 Å². The van der Waals surface area contributed by atoms with Gasteiger partial charge in [-0.15, -0.1) is 0 Å². The van der Waals surface area contributed by atoms with Crippen molar-refractivity contribution in [1.82, 2.24) is 4.90 Å². The molecule has 5 atom stereocenters. The van der Waals surface area contributed by atoms with E-state index in [1.165, 1.54) is 5.56 Å². The summed E-state index contributed by atoms with van der Waals surface area (Å²) in [6.45, 7) is 2.87. The summed E-state index contributed by atoms with van der Waals surface area (Å²) in [6.07, 6.45) is 8.01. The third-order valence-electron chi connectivity index (χ3n) is 8.64. The molecule has 4 rings (SSSR count). The second-order valence-corrected chi connectivity index (χ2v) is 11.2. The Morgan fingerprint density at radius 1 is 1.11 bits per heavy atom. The summed E-state index contributed by atoms with van der Waals surface area (Å²) in [6, 6.07) is 5.84. The van der Waals surface area contributed by atoms with Crippen LogP contribution in [0.2, 0.25) is 0 Å². The number of aliphatic hydroxyl groups is 2. The summed E-state index contributed by atoms with van der Waals surface area (Å²) in [4.78, 5) is 25.5. The molecule has 1 heterocycles. The SMILES string of the molecule is CCCCC[C@@H](CC[C@@H]1[C@H]2Cc3cccc(OCC(=O)O)c3C[C@H]2C[C@H]1O)OC(=O)N1CCC(O)CC1. The number of carboxylic acids is 1. The van der Waals surface area contributed by atoms with Crippen molar-refractivity contribution in [1.29, 1.82) is 0 Å². The lowest BCUT2D eigenvalue weighted by Crippen LogP contribution is -2.41. The Labute approximate surface area is 220 Å². The predicted octanol–water partition coefficient (Wildman–Crippen LogP) is 4.18. The van der Waals surface area contributed by atoms with E-state index in [0.717, 1.165) is 63.4 Å². The summed E-state index contributed by atoms with van der Waals surface area (Å²) >= 11 is 0. The fraction of sp³-hybridized carbons (Fsp3) is 0.724. The number of unbranched alkanes of at least 4 members (excludes halogenated alkanes) is 2. The molecular formula is C29H43NO7. The maximum Gasteiger partial charge on any atom is 0.410 e. The van der Waals surface area contributed by atoms with Crippen molar-refractivity contribution in [3.05, 3.63) is 29.3 Å². The standard InChI is InChI=1S/C29H43NO7/c1-2-3-4-7-22(37-29(35)30-13-11-21(31)12-14-30)9-10-23-24-15-19-6-5-8-27(36-18-28(33)34)25(19)16-20(24)17-26(23)32/h5-6,8,20-24,26,31-32H,2-4,7,9-18H2,1H3,(H,33,34)/t20-,22-,23+,24-,26+/m0/s1. The molecule has 1 aromatic rings. The van der Waals surface area contributed by atoms with Gasteiger partial charge >= 0.3 is 12.1 Å². The second-order valence-electron chi connectivity index (χ2n) is 11.2. The molecular weight excluding hydrogens is 474 g/mol. The fourth-order valence-corrected chi connectivity index (χ4v) is 6.61. The number of carbonyl (C=O) groups excluding carboxylic acids is 1. The van der Waals surface area contributed by atoms with Crippen LogP contribution in [0, 0.1) is 17.8 Å². The molecule has 2 aliphatic carbocycles. The molecule has 1 aromatic carbocycles. The molecule has 1 aliphatic heterocycles. The molecule has 8 nitrogen and oxygen atoms in total. The minimum absolute atomic E-state index is 0.152. The first kappa shape index (κ1) is 27.7. The summed E-state index contributed by atoms with van der Waals surface area (Å²) in [5.41, 5.74) is 2.26. The number of aliphatic hydroxyl groups excluding tert-OH is 2. The Morgan fingerprint density at radius 2 is 1.89 bits per heavy atom. The number of fused-ring (bicyclic) bond motifs is 2. The lowest BCUT2D eigenvalue weighted by atomic mass is 9.73. The van der Waals surface area contributed by atoms with Crippen molar-refractivity contribution in [2.45, 2.75) is 95.9 Å². The Kier molecular flexibility index (Phi) is 9.71. The normalized spacial score (nSPS) is 26.3. The number of benzene rings is 1. The molecule has 206 valence electrons. The fourth-order valence-electron chi connectivity index (χ4n) is 6.61. The first-order valence-electron chi connectivity index (χ1n) is 14.1. The van der Waals surface area contributed by atoms with Gasteiger partial charge in [0.2, 0.25) is 0 Å². The molecule has 0 spiro atoms. The van der Waals surface area contributed by atoms with Crippen LogP contribution in [0.1, 0.15) is 75.8 Å². The molecule has 37 heavy (non-hydrogen) atoms. The summed E-state index contributed by atoms with van der Waals surface area (Å²) in [5.74, 6) is 0.495. The minimum atomic E-state index is -0.991. The molecule has 3 N–H and O–H groups in total. The number of aliphatic carboxylic acids is 1. The van der Waals surface area contributed by atoms with E-state index < -0.39 is 5.97 Å². The van der Waals surface area contributed by atoms with Gasteiger partial charge in [0.15, 0.2) is 6.61 Å². The molecule has 0 bridgehead atoms. The summed E-state index contributed by atoms with van der Waals surface area (Å²) in [7, 11) is 0. The number of hydrogen-bond acceptors (Lipinski definition) is 6. The first-order valence-corrected chi connectivity index (χ1v) is 14.1. The van der Waals surface area contributed by atoms with E-state index in [4.69, 9.17) is 14.6 Å². The quantitative estimate of drug-likeness (QED) is 0.377. The number of ether oxygens (including phenoxy) is 2. The van der Waals surface area contributed by atoms with Crippen LogP contribution in [0.4, 0.5) is 4.79 Å². The largest absolute Gasteiger partial charge is 0.482 e. The lowest BCUT2D eigenvalue weighted by Gasteiger charge is -2.33. The molecule has 1 amide bonds. The highest BCUT2D eigenvalue weighted by atomic mass is 16.6. The maximum atomic E-state index is 12.8. The van der Waals surface area contributed by atoms with Gasteiger partial charge in [0.1, 0.15) is 11.9 Å². The minimum Gasteiger partial charge on any atom is -0.482 e. The smallest absolute Gasteiger partial charge is 0.410 e. The van der Waals surface area contributed by atoms with Crippen molar-refractivity contribution in [2.24, 2.45) is 17.8 Å². The average molecular weight is 518 g/mol. The van der Waals surface area contributed by atoms with Crippen molar-refractivity contribution < 1.29 is 34.4 Å². The van der Waals surface area contributed by atoms with Crippen molar-refractivity contribution >= 4 is 12.1 Å². The highest BCUT2D eigenvalue weighted by molar-refractivity contribution is 5.68. The Balaban J connectivity index is 1.38. The van der Waals surface area contributed by atoms with Crippen LogP contribution in [0.25, 0.3) is 0 Å². The zero-order chi connectivity index (χ0) is 26.4. The highest BCUT2D eigenvalue weighted by Gasteiger charge is 2.45. The van der Waals surface area contributed by atoms with Gasteiger partial charge in [-0.3, -0.25) is 0 Å². The molecule has 3 aliphatic rings. The van der Waals surface area contributed by atoms with Gasteiger partial charge in [-0.2, -0.15) is 0 Å². The predicted molar refractivity (Wildman–Crippen MR) is 139 cm³/mol. The number of carboxylic acid groups (broad SMARTS) is 1. The van der Waals surface area contributed by atoms with E-state index in [9.17, 15) is 19.8 Å². The third-order valence-corrected chi connectivity index (χ3v) is 8.64. The average Bonchev–Trinajstić information content (AvgIpc) is 3.18. The molecule has 0 radical (unpaired) electrons. The first-order chi connectivity index (χ1) is 17.9. The molecule has 0 aromatic heterocycles. The maximum absolute atomic E-state index is 12.8. The number of likely N-dealkylation sites (tertiary alicyclic amines) is 1. The zero-order valence-corrected chi connectivity index (χ0v) is 22.0. The van der Waals surface area contributed by atoms with E-state index in [1.54, 1.807) is 4.90 Å². The Morgan fingerprint density at radius 3 is 2.62 bits per heavy atom. The van der Waals surface area contributed by atoms with Gasteiger partial charge < -0.3 is 29.7 Å². The zero-order valence-electron chi connectivity index (χ0n) is 22.0. The topological polar surface area (TPSA) is 117 Å². The number of amides is 1. The van der Waals surface area contributed by atoms with Gasteiger partial charge in [0.05, 0.1) is 12.2 Å². The van der Waals surface area contributed by atoms with Gasteiger partial charge in [-0.05, 0) is 92.7 Å². The van der Waals surface area contributed by atoms with Crippen LogP contribution >= 0.6 is 0 Å². The van der Waals surface area contributed by atoms with E-state index in [0.29, 0.717) is 43.5 Å². The molecule has 0 unspecified atom stereocenters. The van der Waals surface area contributed by atoms with Gasteiger partial charge in [-0.25, -0.2) is 9.59 Å².